The van der Waals surface area contributed by atoms with Crippen molar-refractivity contribution in [3.8, 4) is 11.5 Å². The number of unbranched alkanes of at least 4 members (excludes halogenated alkanes) is 11. The number of para-hydroxylation sites is 1. The maximum Gasteiger partial charge on any atom is 0.306 e. The number of rotatable bonds is 66. The van der Waals surface area contributed by atoms with E-state index in [0.717, 1.165) is 83.6 Å². The van der Waals surface area contributed by atoms with Gasteiger partial charge in [-0.15, -0.1) is 0 Å². The monoisotopic (exact) mass is 2120 g/mol. The Morgan fingerprint density at radius 1 is 0.373 bits per heavy atom. The number of benzene rings is 3. The van der Waals surface area contributed by atoms with Crippen LogP contribution in [0.4, 0.5) is 17.6 Å². The number of esters is 3. The molecule has 0 aliphatic heterocycles. The molecule has 0 heterocycles. The zero-order chi connectivity index (χ0) is 111. The summed E-state index contributed by atoms with van der Waals surface area (Å²) in [6.07, 6.45) is 45.7. The van der Waals surface area contributed by atoms with Gasteiger partial charge in [-0.05, 0) is 298 Å². The number of Topliss-reactive ketones (excluding diaryl/α,β-unsaturated/α-hetero) is 1. The van der Waals surface area contributed by atoms with Crippen molar-refractivity contribution in [1.29, 1.82) is 0 Å². The summed E-state index contributed by atoms with van der Waals surface area (Å²) in [7, 11) is 0. The highest BCUT2D eigenvalue weighted by atomic mass is 19.3. The Morgan fingerprint density at radius 3 is 1.16 bits per heavy atom. The van der Waals surface area contributed by atoms with Gasteiger partial charge in [-0.3, -0.25) is 28.8 Å². The number of carboxylic acids is 2. The maximum absolute atomic E-state index is 14.2. The quantitative estimate of drug-likeness (QED) is 0.00820. The van der Waals surface area contributed by atoms with E-state index in [2.05, 4.69) is 32.1 Å². The fourth-order valence-corrected chi connectivity index (χ4v) is 20.2. The molecule has 150 heavy (non-hydrogen) atoms. The number of ether oxygens (including phenoxy) is 5. The van der Waals surface area contributed by atoms with E-state index in [1.807, 2.05) is 101 Å². The molecular formula is C120H186F4O26. The van der Waals surface area contributed by atoms with Crippen molar-refractivity contribution in [3.05, 3.63) is 181 Å². The summed E-state index contributed by atoms with van der Waals surface area (Å²) in [5.41, 5.74) is 1.05. The van der Waals surface area contributed by atoms with Gasteiger partial charge in [0.15, 0.2) is 6.61 Å². The van der Waals surface area contributed by atoms with E-state index in [0.29, 0.717) is 166 Å². The average Bonchev–Trinajstić information content (AvgIpc) is 1.66. The summed E-state index contributed by atoms with van der Waals surface area (Å²) in [4.78, 5) is 67.7. The second-order valence-electron chi connectivity index (χ2n) is 42.3. The third-order valence-electron chi connectivity index (χ3n) is 28.4. The number of alkyl halides is 4. The standard InChI is InChI=1S/C27H38F2O6.C26H40O5.C25H34F2O5.C22H38O5.C20H36O5/c1-18(2)35-26(33)12-7-5-4-6-11-22-23(25(32)16-24(22)31)14-13-20(30)17-34-21-10-8-9-19(15-21)27(3,28)29;1-19(2)31-26(30)13-9-4-3-8-12-22-23(25(29)18-24(22)28)17-16-21(27)15-14-20-10-6-5-7-11-20;1-18(2)32-24(30)13-9-4-3-8-12-20-21(23(29)16-22(20)28)14-15-25(26,27)17-31-19-10-6-5-7-11-19;1-2-3-4-5-8-11-17(23)14-15-19-18(20(24)16-21(19)25)12-9-6-7-10-13-22(26)27;1-2-3-6-9-15(21)12-13-17-16(18(22)14-19(17)23)10-7-4-5-8-11-20(24)25/h4,6,8-10,13-15,18,20,22-25,30-32H,5,7,11-12,16-17H2,1-3H3;3,5-8,10-11,19,21-25,27-29H,4,9,12-18H2,1-2H3;3,5-8,10-11,14-15,18,20-23,28-29H,4,9,12-13,16-17H2,1-2H3;6,9,18-21,24-25H,2-5,7-8,10-16H2,1H3,(H,26,27);4,7,15-19,21-23H,2-3,5-6,8-14H2,1H3,(H,24,25)/b6-4-,14-13+;8-3-;8-3-,15-14+;9-6-;7-4-/t20-,22-,23-,24+,25-;21-,22+,23+,24-,25+;20-,21-,22+,23-;18-,19-,20+,21-;15-,16+,17+,18-,19+/m10110/s1. The van der Waals surface area contributed by atoms with E-state index in [1.54, 1.807) is 56.3 Å². The number of aryl methyl sites for hydroxylation is 1. The van der Waals surface area contributed by atoms with Crippen LogP contribution in [0.3, 0.4) is 0 Å². The van der Waals surface area contributed by atoms with Crippen molar-refractivity contribution in [2.24, 2.45) is 59.2 Å². The van der Waals surface area contributed by atoms with Crippen molar-refractivity contribution in [2.45, 2.75) is 448 Å². The lowest BCUT2D eigenvalue weighted by Crippen LogP contribution is -2.25. The third-order valence-corrected chi connectivity index (χ3v) is 28.4. The van der Waals surface area contributed by atoms with Gasteiger partial charge in [0, 0.05) is 82.1 Å². The van der Waals surface area contributed by atoms with Gasteiger partial charge in [-0.2, -0.15) is 8.78 Å². The van der Waals surface area contributed by atoms with Crippen LogP contribution in [0.25, 0.3) is 0 Å². The second kappa shape index (κ2) is 76.3. The summed E-state index contributed by atoms with van der Waals surface area (Å²) in [6, 6.07) is 24.1. The molecule has 5 aliphatic carbocycles. The van der Waals surface area contributed by atoms with Gasteiger partial charge in [0.2, 0.25) is 0 Å². The van der Waals surface area contributed by atoms with Crippen LogP contribution in [0, 0.1) is 59.2 Å². The predicted molar refractivity (Wildman–Crippen MR) is 575 cm³/mol. The van der Waals surface area contributed by atoms with E-state index in [-0.39, 0.29) is 145 Å². The van der Waals surface area contributed by atoms with Gasteiger partial charge in [0.1, 0.15) is 30.0 Å². The number of allylic oxidation sites excluding steroid dienone is 10. The van der Waals surface area contributed by atoms with Crippen molar-refractivity contribution in [3.63, 3.8) is 0 Å². The second-order valence-corrected chi connectivity index (χ2v) is 42.3. The van der Waals surface area contributed by atoms with Gasteiger partial charge in [-0.25, -0.2) is 8.78 Å². The summed E-state index contributed by atoms with van der Waals surface area (Å²) in [6.45, 7) is 15.1. The molecule has 3 aromatic rings. The molecule has 5 saturated carbocycles. The number of aliphatic carboxylic acids is 2. The highest BCUT2D eigenvalue weighted by Gasteiger charge is 2.45. The number of hydrogen-bond acceptors (Lipinski definition) is 24. The lowest BCUT2D eigenvalue weighted by atomic mass is 9.85. The SMILES string of the molecule is CC(C)OC(=O)CCC/C=C\C[C@@H]1[C@@H](/C=C/C(F)(F)COc2ccccc2)[C@H](O)C[C@@H]1O.CC(C)OC(=O)CCC/C=C\C[C@@H]1[C@@H](/C=C/[C@@H](O)COc2cccc(C(C)(F)F)c2)[C@H](O)C[C@@H]1O.CC(C)OC(=O)CCC/C=C\C[C@@H]1[C@@H](CC[C@@H](O)CCc2ccccc2)[C@H](O)C[C@@H]1O.CCCCCCCC(=O)CC[C@@H]1[C@@H](C/C=C\CCCC(=O)O)[C@@H](O)C[C@H]1O.CCCCC[C@H](O)CC[C@@H]1[C@@H](C/C=C\CCCC(=O)O)[C@@H](O)C[C@H]1O. The Labute approximate surface area is 890 Å². The first-order valence-corrected chi connectivity index (χ1v) is 55.6. The van der Waals surface area contributed by atoms with Crippen LogP contribution in [0.2, 0.25) is 0 Å². The van der Waals surface area contributed by atoms with Crippen molar-refractivity contribution >= 4 is 35.6 Å². The van der Waals surface area contributed by atoms with Crippen LogP contribution in [0.1, 0.15) is 343 Å². The van der Waals surface area contributed by atoms with Gasteiger partial charge in [-0.1, -0.05) is 198 Å². The summed E-state index contributed by atoms with van der Waals surface area (Å²) in [5.74, 6) is -8.96. The minimum Gasteiger partial charge on any atom is -0.491 e. The highest BCUT2D eigenvalue weighted by Crippen LogP contribution is 2.44. The Balaban J connectivity index is 0.000000392. The molecule has 850 valence electrons. The summed E-state index contributed by atoms with van der Waals surface area (Å²) >= 11 is 0. The first kappa shape index (κ1) is 134. The first-order valence-electron chi connectivity index (χ1n) is 55.6. The Morgan fingerprint density at radius 2 is 0.740 bits per heavy atom. The number of ketones is 1. The van der Waals surface area contributed by atoms with E-state index in [1.165, 1.54) is 55.2 Å². The van der Waals surface area contributed by atoms with E-state index >= 15 is 0 Å². The summed E-state index contributed by atoms with van der Waals surface area (Å²) in [5, 5.41) is 151. The number of aliphatic hydroxyl groups is 13. The van der Waals surface area contributed by atoms with E-state index < -0.39 is 110 Å². The number of carbonyl (C=O) groups excluding carboxylic acids is 4. The molecule has 15 N–H and O–H groups in total. The molecule has 0 unspecified atom stereocenters. The van der Waals surface area contributed by atoms with Crippen molar-refractivity contribution < 1.29 is 147 Å². The zero-order valence-corrected chi connectivity index (χ0v) is 90.7. The smallest absolute Gasteiger partial charge is 0.306 e. The highest BCUT2D eigenvalue weighted by molar-refractivity contribution is 5.78. The molecule has 0 radical (unpaired) electrons. The molecule has 0 amide bonds. The van der Waals surface area contributed by atoms with Crippen LogP contribution in [-0.4, -0.2) is 229 Å². The molecule has 0 spiro atoms. The Hall–Kier alpha value is -8.34. The van der Waals surface area contributed by atoms with E-state index in [4.69, 9.17) is 33.9 Å². The van der Waals surface area contributed by atoms with Gasteiger partial charge in [0.05, 0.1) is 91.6 Å². The van der Waals surface area contributed by atoms with Crippen LogP contribution in [0.5, 0.6) is 11.5 Å². The minimum absolute atomic E-state index is 0.00652. The fourth-order valence-electron chi connectivity index (χ4n) is 20.2. The molecule has 3 aromatic carbocycles. The molecular weight excluding hydrogens is 1930 g/mol. The molecule has 8 rings (SSSR count). The minimum atomic E-state index is -3.20. The molecule has 30 heteroatoms. The van der Waals surface area contributed by atoms with Gasteiger partial charge >= 0.3 is 29.8 Å². The van der Waals surface area contributed by atoms with Crippen LogP contribution >= 0.6 is 0 Å². The molecule has 0 saturated heterocycles. The van der Waals surface area contributed by atoms with E-state index in [9.17, 15) is 113 Å². The molecule has 5 aliphatic rings. The number of hydrogen-bond donors (Lipinski definition) is 15. The lowest BCUT2D eigenvalue weighted by Gasteiger charge is -2.23. The average molecular weight is 2120 g/mol. The normalized spacial score (nSPS) is 25.0. The van der Waals surface area contributed by atoms with Crippen molar-refractivity contribution in [1.82, 2.24) is 0 Å². The maximum atomic E-state index is 14.2. The van der Waals surface area contributed by atoms with Crippen LogP contribution in [0.15, 0.2) is 170 Å². The topological polar surface area (TPSA) is 452 Å². The first-order chi connectivity index (χ1) is 71.4. The fraction of sp³-hybridized carbons (Fsp3) is 0.683. The Bertz CT molecular complexity index is 4350. The molecule has 5 fully saturated rings. The number of carboxylic acid groups (broad SMARTS) is 2. The molecule has 23 atom stereocenters. The molecule has 0 aromatic heterocycles. The van der Waals surface area contributed by atoms with Crippen LogP contribution < -0.4 is 9.47 Å². The number of carbonyl (C=O) groups is 6. The number of aliphatic hydroxyl groups excluding tert-OH is 13. The number of halogens is 4. The summed E-state index contributed by atoms with van der Waals surface area (Å²) < 4.78 is 81.3. The molecule has 26 nitrogen and oxygen atoms in total. The third kappa shape index (κ3) is 58.3. The largest absolute Gasteiger partial charge is 0.491 e. The molecule has 0 bridgehead atoms. The Kier molecular flexibility index (Phi) is 68.1. The van der Waals surface area contributed by atoms with Crippen molar-refractivity contribution in [2.75, 3.05) is 13.2 Å². The van der Waals surface area contributed by atoms with Crippen LogP contribution in [-0.2, 0) is 55.3 Å². The predicted octanol–water partition coefficient (Wildman–Crippen LogP) is 20.9. The lowest BCUT2D eigenvalue weighted by molar-refractivity contribution is -0.148. The van der Waals surface area contributed by atoms with Gasteiger partial charge in [0.25, 0.3) is 11.8 Å². The zero-order valence-electron chi connectivity index (χ0n) is 90.7. The van der Waals surface area contributed by atoms with Gasteiger partial charge < -0.3 is 100 Å².